The molecule has 7 nitrogen and oxygen atoms in total. The van der Waals surface area contributed by atoms with Crippen LogP contribution in [0.3, 0.4) is 0 Å². The summed E-state index contributed by atoms with van der Waals surface area (Å²) in [7, 11) is -3.30. The molecule has 2 rings (SSSR count). The summed E-state index contributed by atoms with van der Waals surface area (Å²) < 4.78 is 30.2. The molecule has 0 spiro atoms. The lowest BCUT2D eigenvalue weighted by Gasteiger charge is -2.21. The molecule has 0 bridgehead atoms. The molecule has 0 aliphatic heterocycles. The van der Waals surface area contributed by atoms with Crippen molar-refractivity contribution in [3.63, 3.8) is 0 Å². The number of furan rings is 1. The van der Waals surface area contributed by atoms with Crippen molar-refractivity contribution in [1.29, 1.82) is 0 Å². The van der Waals surface area contributed by atoms with Crippen LogP contribution in [0.25, 0.3) is 0 Å². The summed E-state index contributed by atoms with van der Waals surface area (Å²) in [5, 5.41) is 17.0. The summed E-state index contributed by atoms with van der Waals surface area (Å²) in [6.07, 6.45) is 0.443. The zero-order chi connectivity index (χ0) is 21.5. The maximum atomic E-state index is 12.3. The lowest BCUT2D eigenvalue weighted by Crippen LogP contribution is -2.39. The molecule has 3 N–H and O–H groups in total. The van der Waals surface area contributed by atoms with Crippen LogP contribution < -0.4 is 10.6 Å². The second-order valence-electron chi connectivity index (χ2n) is 7.21. The standard InChI is InChI=1S/C21H31N3O4S/c1-5-22-20(24-15-21(4,25)19-14-16(2)28-17(19)3)23-12-9-13-29(26,27)18-10-7-6-8-11-18/h6-8,10-11,14,25H,5,9,12-13,15H2,1-4H3,(H2,22,23,24). The summed E-state index contributed by atoms with van der Waals surface area (Å²) in [5.74, 6) is 2.00. The molecule has 1 atom stereocenters. The van der Waals surface area contributed by atoms with E-state index < -0.39 is 15.4 Å². The first-order chi connectivity index (χ1) is 13.7. The van der Waals surface area contributed by atoms with Crippen molar-refractivity contribution in [3.05, 3.63) is 53.5 Å². The highest BCUT2D eigenvalue weighted by Crippen LogP contribution is 2.27. The molecule has 0 saturated heterocycles. The number of hydrogen-bond acceptors (Lipinski definition) is 5. The fraction of sp³-hybridized carbons (Fsp3) is 0.476. The number of aliphatic imine (C=N–C) groups is 1. The molecule has 29 heavy (non-hydrogen) atoms. The molecular weight excluding hydrogens is 390 g/mol. The monoisotopic (exact) mass is 421 g/mol. The lowest BCUT2D eigenvalue weighted by molar-refractivity contribution is 0.0657. The van der Waals surface area contributed by atoms with E-state index in [0.29, 0.717) is 41.7 Å². The minimum atomic E-state index is -3.30. The summed E-state index contributed by atoms with van der Waals surface area (Å²) in [6, 6.07) is 10.3. The number of sulfone groups is 1. The van der Waals surface area contributed by atoms with Crippen molar-refractivity contribution in [2.24, 2.45) is 4.99 Å². The van der Waals surface area contributed by atoms with Crippen LogP contribution in [0.15, 0.2) is 50.7 Å². The third-order valence-electron chi connectivity index (χ3n) is 4.50. The molecule has 160 valence electrons. The first kappa shape index (κ1) is 23.0. The number of benzene rings is 1. The maximum Gasteiger partial charge on any atom is 0.191 e. The molecule has 1 heterocycles. The van der Waals surface area contributed by atoms with Crippen molar-refractivity contribution in [1.82, 2.24) is 10.6 Å². The van der Waals surface area contributed by atoms with E-state index in [2.05, 4.69) is 15.6 Å². The van der Waals surface area contributed by atoms with Gasteiger partial charge in [-0.2, -0.15) is 0 Å². The van der Waals surface area contributed by atoms with Crippen molar-refractivity contribution < 1.29 is 17.9 Å². The van der Waals surface area contributed by atoms with Crippen molar-refractivity contribution >= 4 is 15.8 Å². The van der Waals surface area contributed by atoms with E-state index in [0.717, 1.165) is 5.76 Å². The summed E-state index contributed by atoms with van der Waals surface area (Å²) in [5.41, 5.74) is -0.454. The van der Waals surface area contributed by atoms with Gasteiger partial charge in [-0.3, -0.25) is 0 Å². The summed E-state index contributed by atoms with van der Waals surface area (Å²) in [6.45, 7) is 8.54. The van der Waals surface area contributed by atoms with Gasteiger partial charge >= 0.3 is 0 Å². The van der Waals surface area contributed by atoms with Crippen molar-refractivity contribution in [2.75, 3.05) is 25.4 Å². The van der Waals surface area contributed by atoms with Gasteiger partial charge in [0, 0.05) is 18.7 Å². The minimum absolute atomic E-state index is 0.0502. The van der Waals surface area contributed by atoms with Crippen LogP contribution in [-0.2, 0) is 15.4 Å². The Morgan fingerprint density at radius 2 is 1.90 bits per heavy atom. The Hall–Kier alpha value is -2.32. The van der Waals surface area contributed by atoms with E-state index in [1.807, 2.05) is 26.8 Å². The third-order valence-corrected chi connectivity index (χ3v) is 6.31. The Bertz CT molecular complexity index is 919. The molecule has 1 aromatic carbocycles. The number of aliphatic hydroxyl groups is 1. The Morgan fingerprint density at radius 3 is 2.48 bits per heavy atom. The van der Waals surface area contributed by atoms with Gasteiger partial charge in [-0.1, -0.05) is 18.2 Å². The van der Waals surface area contributed by atoms with E-state index >= 15 is 0 Å². The number of hydrogen-bond donors (Lipinski definition) is 3. The van der Waals surface area contributed by atoms with Crippen LogP contribution in [0.2, 0.25) is 0 Å². The molecule has 0 aliphatic carbocycles. The number of nitrogens with zero attached hydrogens (tertiary/aromatic N) is 1. The van der Waals surface area contributed by atoms with Gasteiger partial charge in [0.2, 0.25) is 0 Å². The van der Waals surface area contributed by atoms with E-state index in [1.54, 1.807) is 37.3 Å². The van der Waals surface area contributed by atoms with Crippen LogP contribution in [0.1, 0.15) is 37.4 Å². The Morgan fingerprint density at radius 1 is 1.21 bits per heavy atom. The fourth-order valence-corrected chi connectivity index (χ4v) is 4.37. The number of rotatable bonds is 9. The lowest BCUT2D eigenvalue weighted by atomic mass is 9.96. The van der Waals surface area contributed by atoms with Gasteiger partial charge in [-0.25, -0.2) is 13.4 Å². The highest BCUT2D eigenvalue weighted by atomic mass is 32.2. The third kappa shape index (κ3) is 6.61. The average Bonchev–Trinajstić information content (AvgIpc) is 3.03. The zero-order valence-electron chi connectivity index (χ0n) is 17.5. The van der Waals surface area contributed by atoms with Gasteiger partial charge in [-0.05, 0) is 52.3 Å². The first-order valence-electron chi connectivity index (χ1n) is 9.75. The Labute approximate surface area is 173 Å². The van der Waals surface area contributed by atoms with Crippen LogP contribution in [0.5, 0.6) is 0 Å². The quantitative estimate of drug-likeness (QED) is 0.327. The number of guanidine groups is 1. The topological polar surface area (TPSA) is 104 Å². The van der Waals surface area contributed by atoms with E-state index in [4.69, 9.17) is 4.42 Å². The van der Waals surface area contributed by atoms with E-state index in [9.17, 15) is 13.5 Å². The van der Waals surface area contributed by atoms with Crippen molar-refractivity contribution in [2.45, 2.75) is 44.6 Å². The zero-order valence-corrected chi connectivity index (χ0v) is 18.3. The average molecular weight is 422 g/mol. The maximum absolute atomic E-state index is 12.3. The second kappa shape index (κ2) is 9.93. The Balaban J connectivity index is 1.93. The molecule has 1 aromatic heterocycles. The van der Waals surface area contributed by atoms with Crippen LogP contribution in [0, 0.1) is 13.8 Å². The van der Waals surface area contributed by atoms with Gasteiger partial charge in [0.25, 0.3) is 0 Å². The molecule has 0 fully saturated rings. The van der Waals surface area contributed by atoms with Gasteiger partial charge in [0.15, 0.2) is 15.8 Å². The highest BCUT2D eigenvalue weighted by Gasteiger charge is 2.27. The van der Waals surface area contributed by atoms with Gasteiger partial charge in [0.05, 0.1) is 17.2 Å². The molecule has 0 aliphatic rings. The Kier molecular flexibility index (Phi) is 7.87. The molecule has 0 radical (unpaired) electrons. The van der Waals surface area contributed by atoms with Gasteiger partial charge in [-0.15, -0.1) is 0 Å². The van der Waals surface area contributed by atoms with Gasteiger partial charge in [0.1, 0.15) is 17.1 Å². The molecular formula is C21H31N3O4S. The highest BCUT2D eigenvalue weighted by molar-refractivity contribution is 7.91. The van der Waals surface area contributed by atoms with E-state index in [1.165, 1.54) is 0 Å². The predicted octanol–water partition coefficient (Wildman–Crippen LogP) is 2.52. The van der Waals surface area contributed by atoms with E-state index in [-0.39, 0.29) is 12.3 Å². The minimum Gasteiger partial charge on any atom is -0.466 e. The largest absolute Gasteiger partial charge is 0.466 e. The SMILES string of the molecule is CCNC(=NCC(C)(O)c1cc(C)oc1C)NCCCS(=O)(=O)c1ccccc1. The molecule has 1 unspecified atom stereocenters. The van der Waals surface area contributed by atoms with Crippen LogP contribution >= 0.6 is 0 Å². The summed E-state index contributed by atoms with van der Waals surface area (Å²) >= 11 is 0. The number of nitrogens with one attached hydrogen (secondary N) is 2. The van der Waals surface area contributed by atoms with Crippen LogP contribution in [0.4, 0.5) is 0 Å². The first-order valence-corrected chi connectivity index (χ1v) is 11.4. The fourth-order valence-electron chi connectivity index (χ4n) is 3.04. The predicted molar refractivity (Wildman–Crippen MR) is 115 cm³/mol. The molecule has 8 heteroatoms. The van der Waals surface area contributed by atoms with Gasteiger partial charge < -0.3 is 20.2 Å². The van der Waals surface area contributed by atoms with Crippen molar-refractivity contribution in [3.8, 4) is 0 Å². The smallest absolute Gasteiger partial charge is 0.191 e. The molecule has 2 aromatic rings. The number of aryl methyl sites for hydroxylation is 2. The summed E-state index contributed by atoms with van der Waals surface area (Å²) in [4.78, 5) is 4.79. The molecule has 0 saturated carbocycles. The van der Waals surface area contributed by atoms with Crippen LogP contribution in [-0.4, -0.2) is 44.9 Å². The molecule has 0 amide bonds. The second-order valence-corrected chi connectivity index (χ2v) is 9.32. The normalized spacial score (nSPS) is 14.4.